The maximum Gasteiger partial charge on any atom is 0.257 e. The van der Waals surface area contributed by atoms with E-state index in [1.165, 1.54) is 7.11 Å². The highest BCUT2D eigenvalue weighted by Gasteiger charge is 2.19. The van der Waals surface area contributed by atoms with Crippen molar-refractivity contribution >= 4 is 11.6 Å². The Hall–Kier alpha value is -1.75. The summed E-state index contributed by atoms with van der Waals surface area (Å²) in [5.41, 5.74) is 6.67. The molecular weight excluding hydrogens is 244 g/mol. The highest BCUT2D eigenvalue weighted by atomic mass is 16.5. The fourth-order valence-corrected chi connectivity index (χ4v) is 1.85. The molecule has 0 heterocycles. The molecule has 0 unspecified atom stereocenters. The molecule has 5 heteroatoms. The van der Waals surface area contributed by atoms with E-state index in [0.717, 1.165) is 12.8 Å². The van der Waals surface area contributed by atoms with Gasteiger partial charge >= 0.3 is 0 Å². The Bertz CT molecular complexity index is 421. The lowest BCUT2D eigenvalue weighted by molar-refractivity contribution is 0.0716. The largest absolute Gasteiger partial charge is 0.496 e. The monoisotopic (exact) mass is 266 g/mol. The van der Waals surface area contributed by atoms with Crippen molar-refractivity contribution in [1.29, 1.82) is 0 Å². The van der Waals surface area contributed by atoms with Crippen LogP contribution in [0.2, 0.25) is 0 Å². The zero-order valence-corrected chi connectivity index (χ0v) is 11.6. The first-order valence-corrected chi connectivity index (χ1v) is 6.47. The lowest BCUT2D eigenvalue weighted by Crippen LogP contribution is -2.34. The fraction of sp³-hybridized carbons (Fsp3) is 0.500. The predicted molar refractivity (Wildman–Crippen MR) is 75.3 cm³/mol. The molecule has 3 N–H and O–H groups in total. The molecule has 19 heavy (non-hydrogen) atoms. The van der Waals surface area contributed by atoms with Crippen molar-refractivity contribution in [3.63, 3.8) is 0 Å². The average molecular weight is 266 g/mol. The lowest BCUT2D eigenvalue weighted by Gasteiger charge is -2.22. The van der Waals surface area contributed by atoms with Crippen molar-refractivity contribution in [2.24, 2.45) is 0 Å². The summed E-state index contributed by atoms with van der Waals surface area (Å²) in [6, 6.07) is 4.98. The van der Waals surface area contributed by atoms with Crippen LogP contribution in [0.15, 0.2) is 18.2 Å². The Morgan fingerprint density at radius 1 is 1.42 bits per heavy atom. The van der Waals surface area contributed by atoms with E-state index in [4.69, 9.17) is 15.6 Å². The summed E-state index contributed by atoms with van der Waals surface area (Å²) in [7, 11) is 1.52. The van der Waals surface area contributed by atoms with Crippen molar-refractivity contribution in [3.8, 4) is 5.75 Å². The number of aliphatic hydroxyl groups excluding tert-OH is 1. The second-order valence-corrected chi connectivity index (χ2v) is 4.33. The van der Waals surface area contributed by atoms with E-state index in [1.54, 1.807) is 23.1 Å². The number of hydrogen-bond donors (Lipinski definition) is 2. The number of amides is 1. The molecule has 1 aromatic carbocycles. The molecule has 1 amide bonds. The van der Waals surface area contributed by atoms with Gasteiger partial charge in [0, 0.05) is 18.8 Å². The first-order chi connectivity index (χ1) is 9.13. The number of aliphatic hydroxyl groups is 1. The van der Waals surface area contributed by atoms with Gasteiger partial charge in [-0.3, -0.25) is 4.79 Å². The Labute approximate surface area is 114 Å². The van der Waals surface area contributed by atoms with E-state index in [9.17, 15) is 4.79 Å². The van der Waals surface area contributed by atoms with Crippen molar-refractivity contribution in [2.75, 3.05) is 32.5 Å². The second kappa shape index (κ2) is 7.63. The van der Waals surface area contributed by atoms with Crippen LogP contribution in [-0.4, -0.2) is 42.7 Å². The number of nitrogens with two attached hydrogens (primary N) is 1. The van der Waals surface area contributed by atoms with Gasteiger partial charge in [0.25, 0.3) is 5.91 Å². The molecule has 0 aliphatic heterocycles. The highest BCUT2D eigenvalue weighted by molar-refractivity contribution is 5.97. The minimum atomic E-state index is -0.161. The molecule has 0 fully saturated rings. The van der Waals surface area contributed by atoms with E-state index in [1.807, 2.05) is 0 Å². The first kappa shape index (κ1) is 15.3. The fourth-order valence-electron chi connectivity index (χ4n) is 1.85. The quantitative estimate of drug-likeness (QED) is 0.734. The van der Waals surface area contributed by atoms with Crippen molar-refractivity contribution in [2.45, 2.75) is 19.8 Å². The number of hydrogen-bond acceptors (Lipinski definition) is 4. The van der Waals surface area contributed by atoms with E-state index in [0.29, 0.717) is 30.1 Å². The highest BCUT2D eigenvalue weighted by Crippen LogP contribution is 2.22. The van der Waals surface area contributed by atoms with Crippen LogP contribution in [-0.2, 0) is 0 Å². The molecular formula is C14H22N2O3. The van der Waals surface area contributed by atoms with Crippen LogP contribution in [0, 0.1) is 0 Å². The van der Waals surface area contributed by atoms with Gasteiger partial charge in [0.1, 0.15) is 5.75 Å². The summed E-state index contributed by atoms with van der Waals surface area (Å²) in [5, 5.41) is 9.06. The van der Waals surface area contributed by atoms with Crippen molar-refractivity contribution in [3.05, 3.63) is 23.8 Å². The summed E-state index contributed by atoms with van der Waals surface area (Å²) in [5.74, 6) is 0.338. The number of methoxy groups -OCH3 is 1. The standard InChI is InChI=1S/C14H22N2O3/c1-3-4-7-16(8-9-17)14(18)12-10-11(15)5-6-13(12)19-2/h5-6,10,17H,3-4,7-9,15H2,1-2H3. The maximum atomic E-state index is 12.5. The SMILES string of the molecule is CCCCN(CCO)C(=O)c1cc(N)ccc1OC. The minimum Gasteiger partial charge on any atom is -0.496 e. The summed E-state index contributed by atoms with van der Waals surface area (Å²) in [6.07, 6.45) is 1.89. The molecule has 5 nitrogen and oxygen atoms in total. The third-order valence-corrected chi connectivity index (χ3v) is 2.89. The summed E-state index contributed by atoms with van der Waals surface area (Å²) >= 11 is 0. The van der Waals surface area contributed by atoms with E-state index < -0.39 is 0 Å². The predicted octanol–water partition coefficient (Wildman–Crippen LogP) is 1.51. The molecule has 0 aliphatic rings. The van der Waals surface area contributed by atoms with Crippen molar-refractivity contribution < 1.29 is 14.6 Å². The molecule has 1 aromatic rings. The van der Waals surface area contributed by atoms with Gasteiger partial charge in [-0.1, -0.05) is 13.3 Å². The Morgan fingerprint density at radius 2 is 2.16 bits per heavy atom. The van der Waals surface area contributed by atoms with Gasteiger partial charge in [-0.15, -0.1) is 0 Å². The third kappa shape index (κ3) is 4.13. The molecule has 1 rings (SSSR count). The van der Waals surface area contributed by atoms with Crippen LogP contribution in [0.25, 0.3) is 0 Å². The molecule has 0 radical (unpaired) electrons. The van der Waals surface area contributed by atoms with Gasteiger partial charge in [-0.25, -0.2) is 0 Å². The van der Waals surface area contributed by atoms with Crippen molar-refractivity contribution in [1.82, 2.24) is 4.90 Å². The van der Waals surface area contributed by atoms with Crippen LogP contribution < -0.4 is 10.5 Å². The molecule has 106 valence electrons. The Morgan fingerprint density at radius 3 is 2.74 bits per heavy atom. The van der Waals surface area contributed by atoms with Crippen LogP contribution in [0.5, 0.6) is 5.75 Å². The van der Waals surface area contributed by atoms with Gasteiger partial charge in [0.15, 0.2) is 0 Å². The molecule has 0 aromatic heterocycles. The first-order valence-electron chi connectivity index (χ1n) is 6.47. The van der Waals surface area contributed by atoms with Crippen LogP contribution in [0.1, 0.15) is 30.1 Å². The molecule has 0 saturated carbocycles. The minimum absolute atomic E-state index is 0.0555. The number of benzene rings is 1. The number of nitrogen functional groups attached to an aromatic ring is 1. The molecule has 0 atom stereocenters. The average Bonchev–Trinajstić information content (AvgIpc) is 2.42. The second-order valence-electron chi connectivity index (χ2n) is 4.33. The third-order valence-electron chi connectivity index (χ3n) is 2.89. The summed E-state index contributed by atoms with van der Waals surface area (Å²) < 4.78 is 5.19. The number of unbranched alkanes of at least 4 members (excludes halogenated alkanes) is 1. The molecule has 0 aliphatic carbocycles. The topological polar surface area (TPSA) is 75.8 Å². The van der Waals surface area contributed by atoms with E-state index >= 15 is 0 Å². The number of ether oxygens (including phenoxy) is 1. The number of rotatable bonds is 7. The van der Waals surface area contributed by atoms with Gasteiger partial charge in [0.05, 0.1) is 19.3 Å². The Kier molecular flexibility index (Phi) is 6.15. The summed E-state index contributed by atoms with van der Waals surface area (Å²) in [4.78, 5) is 14.1. The Balaban J connectivity index is 2.97. The van der Waals surface area contributed by atoms with Crippen LogP contribution in [0.4, 0.5) is 5.69 Å². The molecule has 0 spiro atoms. The number of carbonyl (C=O) groups is 1. The molecule has 0 bridgehead atoms. The van der Waals surface area contributed by atoms with E-state index in [2.05, 4.69) is 6.92 Å². The van der Waals surface area contributed by atoms with Gasteiger partial charge < -0.3 is 20.5 Å². The lowest BCUT2D eigenvalue weighted by atomic mass is 10.1. The van der Waals surface area contributed by atoms with Gasteiger partial charge in [-0.2, -0.15) is 0 Å². The van der Waals surface area contributed by atoms with Gasteiger partial charge in [-0.05, 0) is 24.6 Å². The number of nitrogens with zero attached hydrogens (tertiary/aromatic N) is 1. The molecule has 0 saturated heterocycles. The maximum absolute atomic E-state index is 12.5. The van der Waals surface area contributed by atoms with Crippen LogP contribution in [0.3, 0.4) is 0 Å². The summed E-state index contributed by atoms with van der Waals surface area (Å²) in [6.45, 7) is 2.94. The van der Waals surface area contributed by atoms with Gasteiger partial charge in [0.2, 0.25) is 0 Å². The number of carbonyl (C=O) groups excluding carboxylic acids is 1. The zero-order valence-electron chi connectivity index (χ0n) is 11.6. The number of anilines is 1. The van der Waals surface area contributed by atoms with E-state index in [-0.39, 0.29) is 12.5 Å². The van der Waals surface area contributed by atoms with Crippen LogP contribution >= 0.6 is 0 Å². The normalized spacial score (nSPS) is 10.3. The zero-order chi connectivity index (χ0) is 14.3. The smallest absolute Gasteiger partial charge is 0.257 e.